The van der Waals surface area contributed by atoms with Crippen molar-refractivity contribution in [3.05, 3.63) is 0 Å². The number of likely N-dealkylation sites (tertiary alicyclic amines) is 1. The van der Waals surface area contributed by atoms with Gasteiger partial charge in [0, 0.05) is 25.4 Å². The van der Waals surface area contributed by atoms with Crippen LogP contribution in [0.1, 0.15) is 33.6 Å². The Morgan fingerprint density at radius 2 is 1.81 bits per heavy atom. The minimum absolute atomic E-state index is 0.131. The summed E-state index contributed by atoms with van der Waals surface area (Å²) in [6.07, 6.45) is -6.12. The third-order valence-electron chi connectivity index (χ3n) is 3.43. The lowest BCUT2D eigenvalue weighted by Gasteiger charge is -2.42. The Morgan fingerprint density at radius 3 is 2.24 bits per heavy atom. The molecule has 0 saturated carbocycles. The molecule has 3 atom stereocenters. The molecule has 21 heavy (non-hydrogen) atoms. The van der Waals surface area contributed by atoms with Crippen molar-refractivity contribution in [1.29, 1.82) is 0 Å². The van der Waals surface area contributed by atoms with E-state index in [9.17, 15) is 26.2 Å². The minimum atomic E-state index is -4.76. The van der Waals surface area contributed by atoms with E-state index in [1.54, 1.807) is 0 Å². The number of nitrogens with zero attached hydrogens (tertiary/aromatic N) is 1. The van der Waals surface area contributed by atoms with E-state index in [2.05, 4.69) is 0 Å². The first kappa shape index (κ1) is 18.8. The van der Waals surface area contributed by atoms with Crippen LogP contribution in [0.15, 0.2) is 0 Å². The quantitative estimate of drug-likeness (QED) is 0.804. The van der Waals surface area contributed by atoms with Gasteiger partial charge in [-0.15, -0.1) is 0 Å². The molecule has 1 aliphatic heterocycles. The molecular formula is C12H21F5N2OS. The molecule has 0 bridgehead atoms. The van der Waals surface area contributed by atoms with Crippen molar-refractivity contribution in [2.45, 2.75) is 62.5 Å². The number of likely N-dealkylation sites (N-methyl/N-ethyl adjacent to an activating group) is 1. The lowest BCUT2D eigenvalue weighted by molar-refractivity contribution is -0.179. The first-order valence-corrected chi connectivity index (χ1v) is 7.72. The molecule has 126 valence electrons. The van der Waals surface area contributed by atoms with Gasteiger partial charge in [-0.1, -0.05) is 0 Å². The summed E-state index contributed by atoms with van der Waals surface area (Å²) in [6, 6.07) is -3.70. The molecule has 1 heterocycles. The molecule has 0 aromatic heterocycles. The average molecular weight is 336 g/mol. The van der Waals surface area contributed by atoms with Crippen LogP contribution >= 0.6 is 0 Å². The number of nitrogens with one attached hydrogen (secondary N) is 1. The number of piperidine rings is 1. The maximum atomic E-state index is 13.5. The smallest absolute Gasteiger partial charge is 0.301 e. The molecule has 0 aliphatic carbocycles. The van der Waals surface area contributed by atoms with Crippen LogP contribution < -0.4 is 4.72 Å². The molecule has 0 radical (unpaired) electrons. The van der Waals surface area contributed by atoms with E-state index in [0.717, 1.165) is 0 Å². The topological polar surface area (TPSA) is 32.3 Å². The normalized spacial score (nSPS) is 27.4. The second-order valence-corrected chi connectivity index (χ2v) is 8.37. The van der Waals surface area contributed by atoms with Gasteiger partial charge in [0.15, 0.2) is 0 Å². The van der Waals surface area contributed by atoms with Crippen molar-refractivity contribution in [3.8, 4) is 0 Å². The highest BCUT2D eigenvalue weighted by molar-refractivity contribution is 7.84. The van der Waals surface area contributed by atoms with E-state index in [1.807, 2.05) is 4.72 Å². The molecule has 0 amide bonds. The minimum Gasteiger partial charge on any atom is -0.301 e. The zero-order chi connectivity index (χ0) is 16.6. The van der Waals surface area contributed by atoms with Crippen molar-refractivity contribution >= 4 is 11.0 Å². The summed E-state index contributed by atoms with van der Waals surface area (Å²) in [5.41, 5.74) is 0. The first-order chi connectivity index (χ1) is 9.24. The predicted molar refractivity (Wildman–Crippen MR) is 71.5 cm³/mol. The lowest BCUT2D eigenvalue weighted by atomic mass is 9.93. The fourth-order valence-corrected chi connectivity index (χ4v) is 2.97. The number of hydrogen-bond acceptors (Lipinski definition) is 2. The van der Waals surface area contributed by atoms with E-state index in [-0.39, 0.29) is 6.54 Å². The molecular weight excluding hydrogens is 315 g/mol. The fourth-order valence-electron chi connectivity index (χ4n) is 2.10. The molecule has 9 heteroatoms. The summed E-state index contributed by atoms with van der Waals surface area (Å²) in [6.45, 7) is 4.42. The Morgan fingerprint density at radius 1 is 1.29 bits per heavy atom. The highest BCUT2D eigenvalue weighted by Gasteiger charge is 2.52. The van der Waals surface area contributed by atoms with Gasteiger partial charge in [0.2, 0.25) is 0 Å². The summed E-state index contributed by atoms with van der Waals surface area (Å²) in [5.74, 6) is -3.13. The van der Waals surface area contributed by atoms with Crippen molar-refractivity contribution in [1.82, 2.24) is 9.62 Å². The van der Waals surface area contributed by atoms with Crippen LogP contribution in [0.25, 0.3) is 0 Å². The Bertz CT molecular complexity index is 394. The van der Waals surface area contributed by atoms with Crippen LogP contribution in [0.5, 0.6) is 0 Å². The molecule has 1 aliphatic rings. The van der Waals surface area contributed by atoms with Crippen molar-refractivity contribution in [2.24, 2.45) is 0 Å². The number of rotatable bonds is 3. The van der Waals surface area contributed by atoms with Gasteiger partial charge >= 0.3 is 6.18 Å². The van der Waals surface area contributed by atoms with Crippen LogP contribution in [-0.2, 0) is 11.0 Å². The zero-order valence-electron chi connectivity index (χ0n) is 12.4. The Hall–Kier alpha value is -0.280. The molecule has 1 saturated heterocycles. The average Bonchev–Trinajstić information content (AvgIpc) is 2.26. The number of hydrogen-bond donors (Lipinski definition) is 1. The van der Waals surface area contributed by atoms with E-state index in [0.29, 0.717) is 0 Å². The monoisotopic (exact) mass is 336 g/mol. The summed E-state index contributed by atoms with van der Waals surface area (Å²) in [5, 5.41) is 0. The maximum absolute atomic E-state index is 13.5. The second kappa shape index (κ2) is 6.08. The van der Waals surface area contributed by atoms with E-state index < -0.39 is 52.8 Å². The summed E-state index contributed by atoms with van der Waals surface area (Å²) in [7, 11) is -0.622. The Balaban J connectivity index is 3.00. The van der Waals surface area contributed by atoms with Crippen LogP contribution in [0.2, 0.25) is 0 Å². The first-order valence-electron chi connectivity index (χ1n) is 6.57. The van der Waals surface area contributed by atoms with E-state index in [4.69, 9.17) is 0 Å². The van der Waals surface area contributed by atoms with Crippen LogP contribution in [-0.4, -0.2) is 51.6 Å². The number of halogens is 5. The Kier molecular flexibility index (Phi) is 5.43. The third-order valence-corrected chi connectivity index (χ3v) is 5.01. The standard InChI is InChI=1S/C12H21F5N2OS/c1-10(2,3)21(20)18-9(12(15,16)17)8-7-11(13,14)5-6-19(8)4/h8-9,18H,5-7H2,1-4H3/t8?,9?,21-/m1/s1. The van der Waals surface area contributed by atoms with Crippen LogP contribution in [0.4, 0.5) is 22.0 Å². The van der Waals surface area contributed by atoms with E-state index in [1.165, 1.54) is 32.7 Å². The van der Waals surface area contributed by atoms with Gasteiger partial charge in [-0.2, -0.15) is 13.2 Å². The zero-order valence-corrected chi connectivity index (χ0v) is 13.2. The van der Waals surface area contributed by atoms with Gasteiger partial charge in [0.25, 0.3) is 5.92 Å². The van der Waals surface area contributed by atoms with Crippen molar-refractivity contribution in [3.63, 3.8) is 0 Å². The van der Waals surface area contributed by atoms with Crippen molar-refractivity contribution < 1.29 is 26.2 Å². The summed E-state index contributed by atoms with van der Waals surface area (Å²) >= 11 is 0. The van der Waals surface area contributed by atoms with Crippen molar-refractivity contribution in [2.75, 3.05) is 13.6 Å². The SMILES string of the molecule is CN1CCC(F)(F)CC1C(N[S@](=O)C(C)(C)C)C(F)(F)F. The van der Waals surface area contributed by atoms with Gasteiger partial charge in [-0.3, -0.25) is 0 Å². The van der Waals surface area contributed by atoms with Crippen LogP contribution in [0, 0.1) is 0 Å². The molecule has 1 N–H and O–H groups in total. The molecule has 3 nitrogen and oxygen atoms in total. The third kappa shape index (κ3) is 5.14. The van der Waals surface area contributed by atoms with Crippen LogP contribution in [0.3, 0.4) is 0 Å². The molecule has 2 unspecified atom stereocenters. The van der Waals surface area contributed by atoms with Gasteiger partial charge in [-0.25, -0.2) is 17.7 Å². The lowest BCUT2D eigenvalue weighted by Crippen LogP contribution is -2.61. The Labute approximate surface area is 123 Å². The molecule has 0 aromatic carbocycles. The predicted octanol–water partition coefficient (Wildman–Crippen LogP) is 2.70. The molecule has 0 aromatic rings. The number of alkyl halides is 5. The van der Waals surface area contributed by atoms with E-state index >= 15 is 0 Å². The molecule has 1 rings (SSSR count). The van der Waals surface area contributed by atoms with Gasteiger partial charge in [0.1, 0.15) is 6.04 Å². The maximum Gasteiger partial charge on any atom is 0.406 e. The highest BCUT2D eigenvalue weighted by atomic mass is 32.2. The fraction of sp³-hybridized carbons (Fsp3) is 1.00. The molecule has 0 spiro atoms. The molecule has 1 fully saturated rings. The summed E-state index contributed by atoms with van der Waals surface area (Å²) in [4.78, 5) is 1.25. The van der Waals surface area contributed by atoms with Gasteiger partial charge in [0.05, 0.1) is 15.7 Å². The highest BCUT2D eigenvalue weighted by Crippen LogP contribution is 2.36. The largest absolute Gasteiger partial charge is 0.406 e. The summed E-state index contributed by atoms with van der Waals surface area (Å²) < 4.78 is 79.5. The second-order valence-electron chi connectivity index (χ2n) is 6.38. The van der Waals surface area contributed by atoms with Gasteiger partial charge < -0.3 is 4.90 Å². The van der Waals surface area contributed by atoms with Gasteiger partial charge in [-0.05, 0) is 27.8 Å².